The predicted octanol–water partition coefficient (Wildman–Crippen LogP) is 3.73. The van der Waals surface area contributed by atoms with Gasteiger partial charge in [0.15, 0.2) is 11.6 Å². The van der Waals surface area contributed by atoms with Crippen LogP contribution in [0.1, 0.15) is 24.1 Å². The fourth-order valence-corrected chi connectivity index (χ4v) is 1.64. The van der Waals surface area contributed by atoms with Crippen LogP contribution >= 0.6 is 15.9 Å². The molecule has 0 amide bonds. The van der Waals surface area contributed by atoms with E-state index in [9.17, 15) is 4.39 Å². The van der Waals surface area contributed by atoms with Crippen molar-refractivity contribution in [3.63, 3.8) is 0 Å². The molecule has 0 saturated heterocycles. The van der Waals surface area contributed by atoms with E-state index in [1.54, 1.807) is 6.07 Å². The second kappa shape index (κ2) is 5.48. The Morgan fingerprint density at radius 3 is 2.83 bits per heavy atom. The van der Waals surface area contributed by atoms with Gasteiger partial charge in [-0.25, -0.2) is 4.39 Å². The van der Waals surface area contributed by atoms with Crippen molar-refractivity contribution >= 4 is 15.9 Å². The number of nitrogens with zero attached hydrogens (tertiary/aromatic N) is 2. The van der Waals surface area contributed by atoms with Crippen molar-refractivity contribution in [3.05, 3.63) is 29.9 Å². The largest absolute Gasteiger partial charge is 0.494 e. The number of aromatic nitrogens is 2. The molecular weight excluding hydrogens is 303 g/mol. The van der Waals surface area contributed by atoms with Crippen molar-refractivity contribution in [2.24, 2.45) is 0 Å². The molecule has 1 atom stereocenters. The number of hydrogen-bond donors (Lipinski definition) is 0. The van der Waals surface area contributed by atoms with E-state index in [1.165, 1.54) is 19.2 Å². The van der Waals surface area contributed by atoms with Crippen LogP contribution in [0.2, 0.25) is 0 Å². The highest BCUT2D eigenvalue weighted by molar-refractivity contribution is 9.09. The molecule has 0 N–H and O–H groups in total. The van der Waals surface area contributed by atoms with Crippen molar-refractivity contribution in [3.8, 4) is 17.2 Å². The van der Waals surface area contributed by atoms with Gasteiger partial charge in [-0.1, -0.05) is 22.9 Å². The predicted molar refractivity (Wildman–Crippen MR) is 68.2 cm³/mol. The first-order chi connectivity index (χ1) is 8.65. The number of rotatable bonds is 4. The molecule has 0 aliphatic rings. The zero-order valence-corrected chi connectivity index (χ0v) is 11.6. The molecule has 18 heavy (non-hydrogen) atoms. The Balaban J connectivity index is 2.31. The van der Waals surface area contributed by atoms with Crippen LogP contribution in [0.25, 0.3) is 11.5 Å². The lowest BCUT2D eigenvalue weighted by Gasteiger charge is -2.02. The molecule has 0 aliphatic heterocycles. The maximum Gasteiger partial charge on any atom is 0.247 e. The van der Waals surface area contributed by atoms with Crippen LogP contribution in [-0.2, 0) is 0 Å². The van der Waals surface area contributed by atoms with Gasteiger partial charge >= 0.3 is 0 Å². The highest BCUT2D eigenvalue weighted by Crippen LogP contribution is 2.29. The summed E-state index contributed by atoms with van der Waals surface area (Å²) in [5, 5.41) is 7.82. The van der Waals surface area contributed by atoms with Crippen LogP contribution in [0.5, 0.6) is 5.75 Å². The lowest BCUT2D eigenvalue weighted by atomic mass is 10.2. The smallest absolute Gasteiger partial charge is 0.247 e. The minimum atomic E-state index is -0.458. The monoisotopic (exact) mass is 314 g/mol. The maximum atomic E-state index is 13.5. The topological polar surface area (TPSA) is 48.2 Å². The average molecular weight is 315 g/mol. The number of ether oxygens (including phenoxy) is 1. The van der Waals surface area contributed by atoms with Crippen molar-refractivity contribution in [2.75, 3.05) is 7.11 Å². The summed E-state index contributed by atoms with van der Waals surface area (Å²) in [6.07, 6.45) is 0.832. The molecule has 2 rings (SSSR count). The third-order valence-electron chi connectivity index (χ3n) is 2.47. The number of halogens is 2. The average Bonchev–Trinajstić information content (AvgIpc) is 2.87. The molecule has 0 spiro atoms. The van der Waals surface area contributed by atoms with E-state index < -0.39 is 5.82 Å². The standard InChI is InChI=1S/C12H12BrFN2O2/c1-3-8(13)12-16-15-11(18-12)7-4-5-10(17-2)9(14)6-7/h4-6,8H,3H2,1-2H3. The van der Waals surface area contributed by atoms with Gasteiger partial charge in [0.25, 0.3) is 0 Å². The number of alkyl halides is 1. The summed E-state index contributed by atoms with van der Waals surface area (Å²) in [5.41, 5.74) is 0.530. The maximum absolute atomic E-state index is 13.5. The molecule has 6 heteroatoms. The van der Waals surface area contributed by atoms with E-state index >= 15 is 0 Å². The van der Waals surface area contributed by atoms with Gasteiger partial charge in [0.1, 0.15) is 0 Å². The van der Waals surface area contributed by atoms with Crippen molar-refractivity contribution in [2.45, 2.75) is 18.2 Å². The molecule has 1 aromatic carbocycles. The lowest BCUT2D eigenvalue weighted by molar-refractivity contribution is 0.386. The number of methoxy groups -OCH3 is 1. The second-order valence-electron chi connectivity index (χ2n) is 3.67. The Morgan fingerprint density at radius 2 is 2.22 bits per heavy atom. The van der Waals surface area contributed by atoms with E-state index in [4.69, 9.17) is 9.15 Å². The summed E-state index contributed by atoms with van der Waals surface area (Å²) in [7, 11) is 1.42. The molecule has 1 heterocycles. The minimum Gasteiger partial charge on any atom is -0.494 e. The van der Waals surface area contributed by atoms with Gasteiger partial charge in [-0.05, 0) is 24.6 Å². The molecule has 0 fully saturated rings. The minimum absolute atomic E-state index is 0.0156. The van der Waals surface area contributed by atoms with Gasteiger partial charge in [-0.2, -0.15) is 0 Å². The molecule has 1 aromatic heterocycles. The first-order valence-electron chi connectivity index (χ1n) is 5.47. The van der Waals surface area contributed by atoms with E-state index in [0.29, 0.717) is 17.3 Å². The molecule has 2 aromatic rings. The molecule has 0 bridgehead atoms. The first-order valence-corrected chi connectivity index (χ1v) is 6.38. The van der Waals surface area contributed by atoms with E-state index in [-0.39, 0.29) is 10.6 Å². The van der Waals surface area contributed by atoms with Crippen LogP contribution in [-0.4, -0.2) is 17.3 Å². The van der Waals surface area contributed by atoms with Gasteiger partial charge < -0.3 is 9.15 Å². The zero-order valence-electron chi connectivity index (χ0n) is 9.98. The summed E-state index contributed by atoms with van der Waals surface area (Å²) in [6.45, 7) is 2.00. The van der Waals surface area contributed by atoms with E-state index in [0.717, 1.165) is 6.42 Å². The summed E-state index contributed by atoms with van der Waals surface area (Å²) in [5.74, 6) is 0.513. The molecule has 1 unspecified atom stereocenters. The van der Waals surface area contributed by atoms with Crippen molar-refractivity contribution in [1.82, 2.24) is 10.2 Å². The third-order valence-corrected chi connectivity index (χ3v) is 3.50. The Hall–Kier alpha value is -1.43. The van der Waals surface area contributed by atoms with Crippen LogP contribution in [0, 0.1) is 5.82 Å². The van der Waals surface area contributed by atoms with Crippen LogP contribution < -0.4 is 4.74 Å². The lowest BCUT2D eigenvalue weighted by Crippen LogP contribution is -1.88. The molecule has 96 valence electrons. The summed E-state index contributed by atoms with van der Waals surface area (Å²) >= 11 is 3.42. The molecular formula is C12H12BrFN2O2. The van der Waals surface area contributed by atoms with Gasteiger partial charge in [0.05, 0.1) is 11.9 Å². The Morgan fingerprint density at radius 1 is 1.44 bits per heavy atom. The first kappa shape index (κ1) is 13.0. The number of benzene rings is 1. The SMILES string of the molecule is CCC(Br)c1nnc(-c2ccc(OC)c(F)c2)o1. The summed E-state index contributed by atoms with van der Waals surface area (Å²) in [6, 6.07) is 4.51. The van der Waals surface area contributed by atoms with Gasteiger partial charge in [-0.15, -0.1) is 10.2 Å². The van der Waals surface area contributed by atoms with Crippen molar-refractivity contribution in [1.29, 1.82) is 0 Å². The van der Waals surface area contributed by atoms with Crippen molar-refractivity contribution < 1.29 is 13.5 Å². The van der Waals surface area contributed by atoms with E-state index in [1.807, 2.05) is 6.92 Å². The Labute approximate surface area is 112 Å². The highest BCUT2D eigenvalue weighted by atomic mass is 79.9. The Kier molecular flexibility index (Phi) is 3.96. The molecule has 4 nitrogen and oxygen atoms in total. The quantitative estimate of drug-likeness (QED) is 0.807. The fraction of sp³-hybridized carbons (Fsp3) is 0.333. The van der Waals surface area contributed by atoms with Gasteiger partial charge in [-0.3, -0.25) is 0 Å². The summed E-state index contributed by atoms with van der Waals surface area (Å²) < 4.78 is 23.9. The highest BCUT2D eigenvalue weighted by Gasteiger charge is 2.15. The molecule has 0 radical (unpaired) electrons. The summed E-state index contributed by atoms with van der Waals surface area (Å²) in [4.78, 5) is 0.0156. The van der Waals surface area contributed by atoms with Crippen LogP contribution in [0.15, 0.2) is 22.6 Å². The van der Waals surface area contributed by atoms with Crippen LogP contribution in [0.4, 0.5) is 4.39 Å². The Bertz CT molecular complexity index is 545. The third kappa shape index (κ3) is 2.53. The van der Waals surface area contributed by atoms with Crippen LogP contribution in [0.3, 0.4) is 0 Å². The normalized spacial score (nSPS) is 12.4. The molecule has 0 saturated carbocycles. The zero-order chi connectivity index (χ0) is 13.1. The second-order valence-corrected chi connectivity index (χ2v) is 4.78. The van der Waals surface area contributed by atoms with E-state index in [2.05, 4.69) is 26.1 Å². The van der Waals surface area contributed by atoms with Gasteiger partial charge in [0.2, 0.25) is 11.8 Å². The number of hydrogen-bond acceptors (Lipinski definition) is 4. The fourth-order valence-electron chi connectivity index (χ4n) is 1.45. The van der Waals surface area contributed by atoms with Gasteiger partial charge in [0, 0.05) is 5.56 Å². The molecule has 0 aliphatic carbocycles.